The number of amides is 1. The Morgan fingerprint density at radius 2 is 2.00 bits per heavy atom. The maximum Gasteiger partial charge on any atom is 0.200 e. The molecule has 5 nitrogen and oxygen atoms in total. The van der Waals surface area contributed by atoms with Crippen molar-refractivity contribution in [2.75, 3.05) is 13.1 Å². The summed E-state index contributed by atoms with van der Waals surface area (Å²) in [6.45, 7) is 4.46. The molecular weight excluding hydrogens is 231 g/mol. The van der Waals surface area contributed by atoms with Crippen molar-refractivity contribution >= 4 is 19.4 Å². The van der Waals surface area contributed by atoms with E-state index < -0.39 is 5.81 Å². The van der Waals surface area contributed by atoms with Crippen molar-refractivity contribution in [1.29, 1.82) is 0 Å². The molecule has 1 aromatic rings. The fourth-order valence-corrected chi connectivity index (χ4v) is 2.47. The predicted molar refractivity (Wildman–Crippen MR) is 65.9 cm³/mol. The summed E-state index contributed by atoms with van der Waals surface area (Å²) < 4.78 is 5.11. The molecule has 0 aliphatic carbocycles. The van der Waals surface area contributed by atoms with E-state index in [2.05, 4.69) is 5.16 Å². The van der Waals surface area contributed by atoms with Gasteiger partial charge in [-0.1, -0.05) is 5.16 Å². The van der Waals surface area contributed by atoms with Gasteiger partial charge in [-0.05, 0) is 26.7 Å². The number of hydrogen-bond acceptors (Lipinski definition) is 4. The molecule has 1 amide bonds. The van der Waals surface area contributed by atoms with E-state index in [1.54, 1.807) is 11.8 Å². The number of hydrogen-bond donors (Lipinski definition) is 0. The highest BCUT2D eigenvalue weighted by Crippen LogP contribution is 2.31. The summed E-state index contributed by atoms with van der Waals surface area (Å²) in [5, 5.41) is 4.00. The number of likely N-dealkylation sites (tertiary alicyclic amines) is 1. The summed E-state index contributed by atoms with van der Waals surface area (Å²) in [5.74, 6) is 0.310. The highest BCUT2D eigenvalue weighted by Gasteiger charge is 2.28. The van der Waals surface area contributed by atoms with E-state index in [1.165, 1.54) is 6.92 Å². The molecule has 2 rings (SSSR count). The van der Waals surface area contributed by atoms with Crippen LogP contribution in [-0.4, -0.2) is 42.6 Å². The first-order valence-corrected chi connectivity index (χ1v) is 6.02. The summed E-state index contributed by atoms with van der Waals surface area (Å²) in [7, 11) is 5.23. The topological polar surface area (TPSA) is 63.4 Å². The van der Waals surface area contributed by atoms with Crippen molar-refractivity contribution in [1.82, 2.24) is 10.1 Å². The number of aryl methyl sites for hydroxylation is 1. The first-order chi connectivity index (χ1) is 8.50. The average molecular weight is 246 g/mol. The van der Waals surface area contributed by atoms with Gasteiger partial charge in [0.25, 0.3) is 0 Å². The molecule has 0 unspecified atom stereocenters. The molecule has 1 saturated heterocycles. The first kappa shape index (κ1) is 12.9. The van der Waals surface area contributed by atoms with Crippen molar-refractivity contribution in [3.8, 4) is 0 Å². The van der Waals surface area contributed by atoms with Gasteiger partial charge in [-0.25, -0.2) is 0 Å². The van der Waals surface area contributed by atoms with Crippen molar-refractivity contribution < 1.29 is 14.1 Å². The van der Waals surface area contributed by atoms with E-state index in [0.717, 1.165) is 18.5 Å². The molecule has 0 atom stereocenters. The van der Waals surface area contributed by atoms with Gasteiger partial charge >= 0.3 is 0 Å². The van der Waals surface area contributed by atoms with Crippen LogP contribution >= 0.6 is 0 Å². The van der Waals surface area contributed by atoms with Crippen LogP contribution in [0.25, 0.3) is 0 Å². The first-order valence-electron chi connectivity index (χ1n) is 6.02. The van der Waals surface area contributed by atoms with Gasteiger partial charge in [0.05, 0.1) is 11.3 Å². The van der Waals surface area contributed by atoms with E-state index in [-0.39, 0.29) is 11.7 Å². The van der Waals surface area contributed by atoms with Gasteiger partial charge in [-0.15, -0.1) is 0 Å². The highest BCUT2D eigenvalue weighted by molar-refractivity contribution is 6.56. The lowest BCUT2D eigenvalue weighted by atomic mass is 9.89. The van der Waals surface area contributed by atoms with Crippen LogP contribution < -0.4 is 0 Å². The zero-order chi connectivity index (χ0) is 13.3. The third kappa shape index (κ3) is 2.32. The van der Waals surface area contributed by atoms with Gasteiger partial charge in [-0.3, -0.25) is 9.59 Å². The van der Waals surface area contributed by atoms with Crippen molar-refractivity contribution in [3.63, 3.8) is 0 Å². The monoisotopic (exact) mass is 246 g/mol. The SMILES string of the molecule is [B]C(=O)N1CCC(c2noc(C)c2C(C)=O)CC1. The molecule has 0 bridgehead atoms. The van der Waals surface area contributed by atoms with E-state index in [4.69, 9.17) is 12.4 Å². The lowest BCUT2D eigenvalue weighted by Crippen LogP contribution is -2.37. The molecule has 1 fully saturated rings. The van der Waals surface area contributed by atoms with Crippen LogP contribution in [0.3, 0.4) is 0 Å². The zero-order valence-corrected chi connectivity index (χ0v) is 10.6. The standard InChI is InChI=1S/C12H15BN2O3/c1-7(16)10-8(2)18-14-11(10)9-3-5-15(6-4-9)12(13)17/h9H,3-6H2,1-2H3. The van der Waals surface area contributed by atoms with Crippen LogP contribution in [0.15, 0.2) is 4.52 Å². The van der Waals surface area contributed by atoms with Crippen LogP contribution in [0.2, 0.25) is 0 Å². The molecule has 0 N–H and O–H groups in total. The number of piperidine rings is 1. The Morgan fingerprint density at radius 1 is 1.39 bits per heavy atom. The van der Waals surface area contributed by atoms with Crippen LogP contribution in [0, 0.1) is 6.92 Å². The molecule has 6 heteroatoms. The molecular formula is C12H15BN2O3. The van der Waals surface area contributed by atoms with E-state index in [9.17, 15) is 9.59 Å². The Kier molecular flexibility index (Phi) is 3.54. The third-order valence-corrected chi connectivity index (χ3v) is 3.43. The molecule has 0 saturated carbocycles. The molecule has 1 aromatic heterocycles. The Balaban J connectivity index is 2.15. The average Bonchev–Trinajstić information content (AvgIpc) is 2.71. The molecule has 0 spiro atoms. The minimum atomic E-state index is -0.392. The van der Waals surface area contributed by atoms with Crippen LogP contribution in [0.5, 0.6) is 0 Å². The third-order valence-electron chi connectivity index (χ3n) is 3.43. The van der Waals surface area contributed by atoms with Crippen LogP contribution in [-0.2, 0) is 0 Å². The summed E-state index contributed by atoms with van der Waals surface area (Å²) >= 11 is 0. The second-order valence-corrected chi connectivity index (χ2v) is 4.65. The van der Waals surface area contributed by atoms with Crippen LogP contribution in [0.1, 0.15) is 47.5 Å². The smallest absolute Gasteiger partial charge is 0.200 e. The number of aromatic nitrogens is 1. The summed E-state index contributed by atoms with van der Waals surface area (Å²) in [6.07, 6.45) is 1.52. The summed E-state index contributed by atoms with van der Waals surface area (Å²) in [5.41, 5.74) is 1.32. The van der Waals surface area contributed by atoms with Crippen molar-refractivity contribution in [2.24, 2.45) is 0 Å². The lowest BCUT2D eigenvalue weighted by molar-refractivity contribution is 0.101. The summed E-state index contributed by atoms with van der Waals surface area (Å²) in [6, 6.07) is 0. The van der Waals surface area contributed by atoms with E-state index in [0.29, 0.717) is 24.4 Å². The van der Waals surface area contributed by atoms with Crippen molar-refractivity contribution in [3.05, 3.63) is 17.0 Å². The van der Waals surface area contributed by atoms with Gasteiger partial charge in [-0.2, -0.15) is 0 Å². The fraction of sp³-hybridized carbons (Fsp3) is 0.583. The minimum absolute atomic E-state index is 0.0268. The normalized spacial score (nSPS) is 16.9. The molecule has 1 aliphatic rings. The number of carbonyl (C=O) groups is 2. The quantitative estimate of drug-likeness (QED) is 0.588. The van der Waals surface area contributed by atoms with Gasteiger partial charge in [0.2, 0.25) is 7.85 Å². The van der Waals surface area contributed by atoms with Gasteiger partial charge in [0.15, 0.2) is 11.6 Å². The molecule has 2 heterocycles. The second-order valence-electron chi connectivity index (χ2n) is 4.65. The maximum atomic E-state index is 11.6. The van der Waals surface area contributed by atoms with Gasteiger partial charge < -0.3 is 9.42 Å². The Hall–Kier alpha value is -1.59. The lowest BCUT2D eigenvalue weighted by Gasteiger charge is -2.31. The molecule has 2 radical (unpaired) electrons. The van der Waals surface area contributed by atoms with Crippen LogP contribution in [0.4, 0.5) is 4.79 Å². The molecule has 1 aliphatic heterocycles. The largest absolute Gasteiger partial charge is 0.361 e. The second kappa shape index (κ2) is 4.96. The predicted octanol–water partition coefficient (Wildman–Crippen LogP) is 1.65. The number of carbonyl (C=O) groups excluding carboxylic acids is 2. The minimum Gasteiger partial charge on any atom is -0.361 e. The van der Waals surface area contributed by atoms with Gasteiger partial charge in [0.1, 0.15) is 5.76 Å². The van der Waals surface area contributed by atoms with Crippen molar-refractivity contribution in [2.45, 2.75) is 32.6 Å². The number of ketones is 1. The Bertz CT molecular complexity index is 476. The Morgan fingerprint density at radius 3 is 2.50 bits per heavy atom. The molecule has 18 heavy (non-hydrogen) atoms. The van der Waals surface area contributed by atoms with Gasteiger partial charge in [0, 0.05) is 19.0 Å². The zero-order valence-electron chi connectivity index (χ0n) is 10.6. The molecule has 94 valence electrons. The maximum absolute atomic E-state index is 11.6. The number of rotatable bonds is 2. The number of nitrogens with zero attached hydrogens (tertiary/aromatic N) is 2. The Labute approximate surface area is 107 Å². The van der Waals surface area contributed by atoms with E-state index >= 15 is 0 Å². The summed E-state index contributed by atoms with van der Waals surface area (Å²) in [4.78, 5) is 24.2. The fourth-order valence-electron chi connectivity index (χ4n) is 2.47. The van der Waals surface area contributed by atoms with E-state index in [1.807, 2.05) is 0 Å². The number of Topliss-reactive ketones (excluding diaryl/α,β-unsaturated/α-hetero) is 1. The molecule has 0 aromatic carbocycles. The highest BCUT2D eigenvalue weighted by atomic mass is 16.5.